The third-order valence-electron chi connectivity index (χ3n) is 5.30. The number of carbonyl (C=O) groups is 2. The van der Waals surface area contributed by atoms with E-state index in [1.807, 2.05) is 31.2 Å². The molecule has 0 aliphatic carbocycles. The molecule has 6 heteroatoms. The van der Waals surface area contributed by atoms with E-state index in [1.54, 1.807) is 12.1 Å². The Morgan fingerprint density at radius 2 is 1.84 bits per heavy atom. The van der Waals surface area contributed by atoms with Crippen LogP contribution in [0.3, 0.4) is 0 Å². The van der Waals surface area contributed by atoms with Crippen molar-refractivity contribution in [2.45, 2.75) is 33.1 Å². The summed E-state index contributed by atoms with van der Waals surface area (Å²) in [6, 6.07) is 13.5. The maximum absolute atomic E-state index is 12.7. The van der Waals surface area contributed by atoms with E-state index in [1.165, 1.54) is 11.6 Å². The Morgan fingerprint density at radius 3 is 2.50 bits per heavy atom. The van der Waals surface area contributed by atoms with Crippen LogP contribution in [0.25, 0.3) is 6.08 Å². The molecule has 1 amide bonds. The van der Waals surface area contributed by atoms with E-state index in [2.05, 4.69) is 36.2 Å². The van der Waals surface area contributed by atoms with Gasteiger partial charge in [0, 0.05) is 24.9 Å². The monoisotopic (exact) mass is 436 g/mol. The van der Waals surface area contributed by atoms with Crippen LogP contribution in [0.5, 0.6) is 0 Å². The van der Waals surface area contributed by atoms with Gasteiger partial charge < -0.3 is 19.7 Å². The number of rotatable bonds is 8. The third-order valence-corrected chi connectivity index (χ3v) is 5.30. The van der Waals surface area contributed by atoms with Gasteiger partial charge in [0.2, 0.25) is 5.91 Å². The Bertz CT molecular complexity index is 945. The number of ether oxygens (including phenoxy) is 2. The molecule has 0 unspecified atom stereocenters. The first-order valence-electron chi connectivity index (χ1n) is 11.2. The fourth-order valence-electron chi connectivity index (χ4n) is 3.48. The first-order valence-corrected chi connectivity index (χ1v) is 11.2. The molecule has 0 saturated carbocycles. The molecule has 1 N–H and O–H groups in total. The number of benzene rings is 2. The lowest BCUT2D eigenvalue weighted by Gasteiger charge is -2.30. The van der Waals surface area contributed by atoms with Crippen LogP contribution in [0.4, 0.5) is 11.4 Å². The van der Waals surface area contributed by atoms with E-state index in [9.17, 15) is 9.59 Å². The summed E-state index contributed by atoms with van der Waals surface area (Å²) in [5.74, 6) is -0.176. The van der Waals surface area contributed by atoms with Gasteiger partial charge in [-0.1, -0.05) is 45.0 Å². The van der Waals surface area contributed by atoms with Crippen molar-refractivity contribution in [3.05, 3.63) is 65.2 Å². The van der Waals surface area contributed by atoms with E-state index < -0.39 is 0 Å². The number of hydrogen-bond donors (Lipinski definition) is 1. The molecule has 3 rings (SSSR count). The highest BCUT2D eigenvalue weighted by atomic mass is 16.5. The summed E-state index contributed by atoms with van der Waals surface area (Å²) in [5.41, 5.74) is 4.01. The van der Waals surface area contributed by atoms with Crippen molar-refractivity contribution in [2.75, 3.05) is 43.1 Å². The van der Waals surface area contributed by atoms with Crippen molar-refractivity contribution in [2.24, 2.45) is 0 Å². The van der Waals surface area contributed by atoms with E-state index in [0.29, 0.717) is 50.1 Å². The second-order valence-corrected chi connectivity index (χ2v) is 8.11. The number of hydrogen-bond acceptors (Lipinski definition) is 5. The molecule has 1 fully saturated rings. The number of anilines is 2. The van der Waals surface area contributed by atoms with E-state index in [-0.39, 0.29) is 11.9 Å². The molecule has 2 aromatic carbocycles. The van der Waals surface area contributed by atoms with Crippen molar-refractivity contribution >= 4 is 29.3 Å². The Morgan fingerprint density at radius 1 is 1.12 bits per heavy atom. The molecule has 1 saturated heterocycles. The van der Waals surface area contributed by atoms with Crippen LogP contribution in [0.15, 0.2) is 48.5 Å². The molecule has 0 radical (unpaired) electrons. The van der Waals surface area contributed by atoms with E-state index in [0.717, 1.165) is 17.7 Å². The zero-order valence-electron chi connectivity index (χ0n) is 19.1. The number of amides is 1. The first-order chi connectivity index (χ1) is 15.5. The highest BCUT2D eigenvalue weighted by Crippen LogP contribution is 2.26. The van der Waals surface area contributed by atoms with Crippen molar-refractivity contribution < 1.29 is 19.1 Å². The van der Waals surface area contributed by atoms with Gasteiger partial charge in [0.1, 0.15) is 0 Å². The van der Waals surface area contributed by atoms with Crippen molar-refractivity contribution in [1.82, 2.24) is 0 Å². The molecule has 0 aromatic heterocycles. The van der Waals surface area contributed by atoms with Gasteiger partial charge in [-0.25, -0.2) is 4.79 Å². The minimum absolute atomic E-state index is 0.259. The fraction of sp³-hybridized carbons (Fsp3) is 0.385. The Balaban J connectivity index is 1.73. The smallest absolute Gasteiger partial charge is 0.340 e. The largest absolute Gasteiger partial charge is 0.462 e. The quantitative estimate of drug-likeness (QED) is 0.473. The predicted octanol–water partition coefficient (Wildman–Crippen LogP) is 4.87. The molecule has 6 nitrogen and oxygen atoms in total. The molecule has 1 aliphatic rings. The Hall–Kier alpha value is -3.12. The van der Waals surface area contributed by atoms with Crippen molar-refractivity contribution in [1.29, 1.82) is 0 Å². The van der Waals surface area contributed by atoms with Gasteiger partial charge in [0.15, 0.2) is 0 Å². The van der Waals surface area contributed by atoms with Crippen LogP contribution >= 0.6 is 0 Å². The van der Waals surface area contributed by atoms with Gasteiger partial charge in [0.25, 0.3) is 0 Å². The van der Waals surface area contributed by atoms with Crippen LogP contribution in [0.1, 0.15) is 54.6 Å². The van der Waals surface area contributed by atoms with Crippen LogP contribution < -0.4 is 10.2 Å². The highest BCUT2D eigenvalue weighted by molar-refractivity contribution is 6.03. The molecule has 0 bridgehead atoms. The van der Waals surface area contributed by atoms with Crippen molar-refractivity contribution in [3.63, 3.8) is 0 Å². The minimum Gasteiger partial charge on any atom is -0.462 e. The molecule has 0 spiro atoms. The molecule has 1 heterocycles. The lowest BCUT2D eigenvalue weighted by molar-refractivity contribution is -0.111. The van der Waals surface area contributed by atoms with Crippen LogP contribution in [-0.2, 0) is 14.3 Å². The maximum Gasteiger partial charge on any atom is 0.340 e. The van der Waals surface area contributed by atoms with E-state index >= 15 is 0 Å². The second kappa shape index (κ2) is 11.5. The Labute approximate surface area is 190 Å². The second-order valence-electron chi connectivity index (χ2n) is 8.11. The lowest BCUT2D eigenvalue weighted by atomic mass is 10.0. The van der Waals surface area contributed by atoms with E-state index in [4.69, 9.17) is 9.47 Å². The summed E-state index contributed by atoms with van der Waals surface area (Å²) in [7, 11) is 0. The van der Waals surface area contributed by atoms with Gasteiger partial charge in [-0.05, 0) is 47.7 Å². The summed E-state index contributed by atoms with van der Waals surface area (Å²) in [4.78, 5) is 27.3. The zero-order valence-corrected chi connectivity index (χ0v) is 19.1. The standard InChI is InChI=1S/C26H32N2O4/c1-4-15-32-26(30)23-18-22(10-11-24(23)28-13-16-31-17-14-28)27-25(29)12-7-20-5-8-21(9-6-20)19(2)3/h5-12,18-19H,4,13-17H2,1-3H3,(H,27,29). The normalized spacial score (nSPS) is 14.1. The zero-order chi connectivity index (χ0) is 22.9. The predicted molar refractivity (Wildman–Crippen MR) is 128 cm³/mol. The van der Waals surface area contributed by atoms with Gasteiger partial charge >= 0.3 is 5.97 Å². The molecule has 0 atom stereocenters. The summed E-state index contributed by atoms with van der Waals surface area (Å²) in [5, 5.41) is 2.85. The number of esters is 1. The van der Waals surface area contributed by atoms with Gasteiger partial charge in [-0.15, -0.1) is 0 Å². The number of nitrogens with zero attached hydrogens (tertiary/aromatic N) is 1. The fourth-order valence-corrected chi connectivity index (χ4v) is 3.48. The van der Waals surface area contributed by atoms with Gasteiger partial charge in [-0.2, -0.15) is 0 Å². The molecule has 2 aromatic rings. The SMILES string of the molecule is CCCOC(=O)c1cc(NC(=O)C=Cc2ccc(C(C)C)cc2)ccc1N1CCOCC1. The summed E-state index contributed by atoms with van der Waals surface area (Å²) < 4.78 is 10.8. The van der Waals surface area contributed by atoms with Gasteiger partial charge in [0.05, 0.1) is 31.1 Å². The number of carbonyl (C=O) groups excluding carboxylic acids is 2. The minimum atomic E-state index is -0.384. The Kier molecular flexibility index (Phi) is 8.45. The molecular weight excluding hydrogens is 404 g/mol. The number of nitrogens with one attached hydrogen (secondary N) is 1. The average Bonchev–Trinajstić information content (AvgIpc) is 2.82. The summed E-state index contributed by atoms with van der Waals surface area (Å²) >= 11 is 0. The first kappa shape index (κ1) is 23.5. The van der Waals surface area contributed by atoms with Crippen LogP contribution in [-0.4, -0.2) is 44.8 Å². The van der Waals surface area contributed by atoms with Gasteiger partial charge in [-0.3, -0.25) is 4.79 Å². The molecule has 170 valence electrons. The topological polar surface area (TPSA) is 67.9 Å². The average molecular weight is 437 g/mol. The van der Waals surface area contributed by atoms with Crippen LogP contribution in [0, 0.1) is 0 Å². The molecule has 32 heavy (non-hydrogen) atoms. The molecule has 1 aliphatic heterocycles. The highest BCUT2D eigenvalue weighted by Gasteiger charge is 2.20. The summed E-state index contributed by atoms with van der Waals surface area (Å²) in [6.07, 6.45) is 4.02. The number of morpholine rings is 1. The summed E-state index contributed by atoms with van der Waals surface area (Å²) in [6.45, 7) is 9.25. The third kappa shape index (κ3) is 6.44. The van der Waals surface area contributed by atoms with Crippen LogP contribution in [0.2, 0.25) is 0 Å². The lowest BCUT2D eigenvalue weighted by Crippen LogP contribution is -2.37. The van der Waals surface area contributed by atoms with Crippen molar-refractivity contribution in [3.8, 4) is 0 Å². The maximum atomic E-state index is 12.7. The molecular formula is C26H32N2O4.